The zero-order chi connectivity index (χ0) is 15.3. The number of amides is 1. The molecule has 1 fully saturated rings. The van der Waals surface area contributed by atoms with Gasteiger partial charge >= 0.3 is 0 Å². The highest BCUT2D eigenvalue weighted by Crippen LogP contribution is 2.30. The van der Waals surface area contributed by atoms with Crippen LogP contribution in [0.3, 0.4) is 0 Å². The van der Waals surface area contributed by atoms with Crippen LogP contribution < -0.4 is 5.73 Å². The number of carbonyl (C=O) groups excluding carboxylic acids is 1. The van der Waals surface area contributed by atoms with Gasteiger partial charge in [0.25, 0.3) is 0 Å². The summed E-state index contributed by atoms with van der Waals surface area (Å²) < 4.78 is 0. The summed E-state index contributed by atoms with van der Waals surface area (Å²) in [5.41, 5.74) is 6.25. The zero-order valence-corrected chi connectivity index (χ0v) is 14.1. The molecule has 3 nitrogen and oxygen atoms in total. The van der Waals surface area contributed by atoms with E-state index >= 15 is 0 Å². The van der Waals surface area contributed by atoms with Crippen molar-refractivity contribution in [3.8, 4) is 0 Å². The molecule has 0 aromatic heterocycles. The van der Waals surface area contributed by atoms with Gasteiger partial charge in [0, 0.05) is 18.6 Å². The van der Waals surface area contributed by atoms with Gasteiger partial charge in [0.05, 0.1) is 5.92 Å². The lowest BCUT2D eigenvalue weighted by Gasteiger charge is -2.39. The molecule has 1 saturated carbocycles. The molecule has 0 saturated heterocycles. The average molecular weight is 282 g/mol. The Morgan fingerprint density at radius 2 is 1.85 bits per heavy atom. The summed E-state index contributed by atoms with van der Waals surface area (Å²) in [6.07, 6.45) is 5.20. The maximum absolute atomic E-state index is 13.0. The van der Waals surface area contributed by atoms with Crippen LogP contribution in [0.5, 0.6) is 0 Å². The second-order valence-electron chi connectivity index (χ2n) is 7.04. The third kappa shape index (κ3) is 4.47. The maximum Gasteiger partial charge on any atom is 0.227 e. The van der Waals surface area contributed by atoms with Crippen LogP contribution in [-0.2, 0) is 4.79 Å². The lowest BCUT2D eigenvalue weighted by molar-refractivity contribution is -0.141. The fourth-order valence-electron chi connectivity index (χ4n) is 3.44. The number of hydrogen-bond donors (Lipinski definition) is 1. The van der Waals surface area contributed by atoms with Gasteiger partial charge in [-0.3, -0.25) is 4.79 Å². The van der Waals surface area contributed by atoms with Crippen LogP contribution in [0.25, 0.3) is 0 Å². The highest BCUT2D eigenvalue weighted by molar-refractivity contribution is 5.80. The third-order valence-corrected chi connectivity index (χ3v) is 4.71. The van der Waals surface area contributed by atoms with Crippen molar-refractivity contribution in [1.29, 1.82) is 0 Å². The number of nitrogens with zero attached hydrogens (tertiary/aromatic N) is 1. The van der Waals surface area contributed by atoms with Crippen LogP contribution in [0.2, 0.25) is 0 Å². The molecular weight excluding hydrogens is 248 g/mol. The van der Waals surface area contributed by atoms with E-state index in [1.165, 1.54) is 6.42 Å². The van der Waals surface area contributed by atoms with Crippen LogP contribution in [-0.4, -0.2) is 29.4 Å². The SMILES string of the molecule is CCC(CC)N(CC(C)C)C(=O)C1CC(C)CCC1N. The number of rotatable bonds is 6. The minimum Gasteiger partial charge on any atom is -0.339 e. The summed E-state index contributed by atoms with van der Waals surface area (Å²) in [5, 5.41) is 0. The minimum absolute atomic E-state index is 0.0399. The van der Waals surface area contributed by atoms with Crippen molar-refractivity contribution in [3.63, 3.8) is 0 Å². The van der Waals surface area contributed by atoms with Gasteiger partial charge in [-0.15, -0.1) is 0 Å². The normalized spacial score (nSPS) is 27.1. The van der Waals surface area contributed by atoms with Crippen molar-refractivity contribution in [2.45, 2.75) is 78.8 Å². The van der Waals surface area contributed by atoms with Gasteiger partial charge in [-0.05, 0) is 43.9 Å². The van der Waals surface area contributed by atoms with Crippen molar-refractivity contribution < 1.29 is 4.79 Å². The minimum atomic E-state index is 0.0399. The Bertz CT molecular complexity index is 299. The van der Waals surface area contributed by atoms with Gasteiger partial charge in [0.15, 0.2) is 0 Å². The smallest absolute Gasteiger partial charge is 0.227 e. The van der Waals surface area contributed by atoms with Crippen LogP contribution in [0.4, 0.5) is 0 Å². The quantitative estimate of drug-likeness (QED) is 0.811. The van der Waals surface area contributed by atoms with Crippen LogP contribution in [0.15, 0.2) is 0 Å². The number of nitrogens with two attached hydrogens (primary N) is 1. The molecule has 1 amide bonds. The van der Waals surface area contributed by atoms with Crippen molar-refractivity contribution in [1.82, 2.24) is 4.90 Å². The lowest BCUT2D eigenvalue weighted by Crippen LogP contribution is -2.51. The van der Waals surface area contributed by atoms with Crippen LogP contribution >= 0.6 is 0 Å². The van der Waals surface area contributed by atoms with E-state index in [-0.39, 0.29) is 12.0 Å². The Balaban J connectivity index is 2.85. The average Bonchev–Trinajstić information content (AvgIpc) is 2.40. The molecule has 0 bridgehead atoms. The first-order valence-corrected chi connectivity index (χ1v) is 8.46. The molecule has 1 aliphatic rings. The Hall–Kier alpha value is -0.570. The molecule has 1 rings (SSSR count). The molecule has 3 heteroatoms. The zero-order valence-electron chi connectivity index (χ0n) is 14.1. The molecule has 118 valence electrons. The molecule has 2 N–H and O–H groups in total. The van der Waals surface area contributed by atoms with Gasteiger partial charge in [-0.25, -0.2) is 0 Å². The van der Waals surface area contributed by atoms with Crippen molar-refractivity contribution in [2.75, 3.05) is 6.54 Å². The van der Waals surface area contributed by atoms with E-state index in [1.807, 2.05) is 0 Å². The Morgan fingerprint density at radius 1 is 1.25 bits per heavy atom. The molecule has 3 atom stereocenters. The summed E-state index contributed by atoms with van der Waals surface area (Å²) in [7, 11) is 0. The highest BCUT2D eigenvalue weighted by Gasteiger charge is 2.35. The fraction of sp³-hybridized carbons (Fsp3) is 0.941. The van der Waals surface area contributed by atoms with Gasteiger partial charge < -0.3 is 10.6 Å². The van der Waals surface area contributed by atoms with Crippen molar-refractivity contribution in [3.05, 3.63) is 0 Å². The van der Waals surface area contributed by atoms with E-state index in [2.05, 4.69) is 39.5 Å². The van der Waals surface area contributed by atoms with E-state index < -0.39 is 0 Å². The number of hydrogen-bond acceptors (Lipinski definition) is 2. The summed E-state index contributed by atoms with van der Waals surface area (Å²) in [4.78, 5) is 15.1. The summed E-state index contributed by atoms with van der Waals surface area (Å²) >= 11 is 0. The monoisotopic (exact) mass is 282 g/mol. The largest absolute Gasteiger partial charge is 0.339 e. The van der Waals surface area contributed by atoms with E-state index in [4.69, 9.17) is 5.73 Å². The molecule has 3 unspecified atom stereocenters. The topological polar surface area (TPSA) is 46.3 Å². The molecular formula is C17H34N2O. The first kappa shape index (κ1) is 17.5. The van der Waals surface area contributed by atoms with Gasteiger partial charge in [-0.2, -0.15) is 0 Å². The summed E-state index contributed by atoms with van der Waals surface area (Å²) in [5.74, 6) is 1.49. The lowest BCUT2D eigenvalue weighted by atomic mass is 9.78. The first-order valence-electron chi connectivity index (χ1n) is 8.46. The Morgan fingerprint density at radius 3 is 2.35 bits per heavy atom. The molecule has 1 aliphatic carbocycles. The third-order valence-electron chi connectivity index (χ3n) is 4.71. The van der Waals surface area contributed by atoms with Crippen molar-refractivity contribution >= 4 is 5.91 Å². The van der Waals surface area contributed by atoms with E-state index in [9.17, 15) is 4.79 Å². The van der Waals surface area contributed by atoms with E-state index in [0.29, 0.717) is 23.8 Å². The summed E-state index contributed by atoms with van der Waals surface area (Å²) in [6, 6.07) is 0.428. The van der Waals surface area contributed by atoms with E-state index in [1.54, 1.807) is 0 Å². The van der Waals surface area contributed by atoms with Gasteiger partial charge in [0.2, 0.25) is 5.91 Å². The van der Waals surface area contributed by atoms with Gasteiger partial charge in [-0.1, -0.05) is 34.6 Å². The van der Waals surface area contributed by atoms with Gasteiger partial charge in [0.1, 0.15) is 0 Å². The standard InChI is InChI=1S/C17H34N2O/c1-6-14(7-2)19(11-12(3)4)17(20)15-10-13(5)8-9-16(15)18/h12-16H,6-11,18H2,1-5H3. The fourth-order valence-corrected chi connectivity index (χ4v) is 3.44. The predicted octanol–water partition coefficient (Wildman–Crippen LogP) is 3.42. The molecule has 20 heavy (non-hydrogen) atoms. The Kier molecular flexibility index (Phi) is 7.01. The second-order valence-corrected chi connectivity index (χ2v) is 7.04. The maximum atomic E-state index is 13.0. The molecule has 0 radical (unpaired) electrons. The Labute approximate surface area is 125 Å². The molecule has 0 aliphatic heterocycles. The van der Waals surface area contributed by atoms with Crippen LogP contribution in [0, 0.1) is 17.8 Å². The molecule has 0 spiro atoms. The summed E-state index contributed by atoms with van der Waals surface area (Å²) in [6.45, 7) is 11.8. The van der Waals surface area contributed by atoms with E-state index in [0.717, 1.165) is 32.2 Å². The molecule has 0 aromatic carbocycles. The van der Waals surface area contributed by atoms with Crippen LogP contribution in [0.1, 0.15) is 66.7 Å². The highest BCUT2D eigenvalue weighted by atomic mass is 16.2. The first-order chi connectivity index (χ1) is 9.40. The molecule has 0 aromatic rings. The van der Waals surface area contributed by atoms with Crippen molar-refractivity contribution in [2.24, 2.45) is 23.5 Å². The molecule has 0 heterocycles. The predicted molar refractivity (Wildman–Crippen MR) is 85.4 cm³/mol. The second kappa shape index (κ2) is 8.02. The number of carbonyl (C=O) groups is 1.